The molecule has 0 unspecified atom stereocenters. The van der Waals surface area contributed by atoms with Crippen LogP contribution in [0.25, 0.3) is 0 Å². The van der Waals surface area contributed by atoms with E-state index in [2.05, 4.69) is 25.4 Å². The van der Waals surface area contributed by atoms with Crippen LogP contribution in [0.15, 0.2) is 16.6 Å². The van der Waals surface area contributed by atoms with Crippen molar-refractivity contribution in [1.82, 2.24) is 0 Å². The van der Waals surface area contributed by atoms with E-state index in [0.29, 0.717) is 10.0 Å². The van der Waals surface area contributed by atoms with Crippen molar-refractivity contribution >= 4 is 21.9 Å². The van der Waals surface area contributed by atoms with Crippen LogP contribution in [-0.4, -0.2) is 19.7 Å². The molecule has 6 heteroatoms. The van der Waals surface area contributed by atoms with Crippen molar-refractivity contribution < 1.29 is 23.0 Å². The number of carbonyl (C=O) groups excluding carboxylic acids is 1. The molecule has 16 heavy (non-hydrogen) atoms. The molecule has 0 amide bonds. The number of methoxy groups -OCH3 is 1. The summed E-state index contributed by atoms with van der Waals surface area (Å²) < 4.78 is 33.6. The van der Waals surface area contributed by atoms with E-state index in [-0.39, 0.29) is 11.3 Å². The molecule has 0 heterocycles. The highest BCUT2D eigenvalue weighted by Crippen LogP contribution is 2.29. The second kappa shape index (κ2) is 5.25. The smallest absolute Gasteiger partial charge is 0.387 e. The number of halogens is 3. The zero-order valence-electron chi connectivity index (χ0n) is 8.59. The second-order valence-electron chi connectivity index (χ2n) is 2.97. The zero-order valence-corrected chi connectivity index (χ0v) is 10.2. The molecular formula is C10H9BrF2O3. The van der Waals surface area contributed by atoms with Gasteiger partial charge in [0.25, 0.3) is 0 Å². The molecule has 0 aliphatic heterocycles. The fourth-order valence-electron chi connectivity index (χ4n) is 1.26. The summed E-state index contributed by atoms with van der Waals surface area (Å²) in [5.41, 5.74) is 0.503. The summed E-state index contributed by atoms with van der Waals surface area (Å²) in [6.07, 6.45) is 0. The standard InChI is InChI=1S/C10H9BrF2O3/c1-5-3-6(11)4-7(16-10(12)13)8(5)9(14)15-2/h3-4,10H,1-2H3. The van der Waals surface area contributed by atoms with Crippen LogP contribution >= 0.6 is 15.9 Å². The summed E-state index contributed by atoms with van der Waals surface area (Å²) >= 11 is 3.13. The van der Waals surface area contributed by atoms with Crippen LogP contribution in [0.3, 0.4) is 0 Å². The first-order chi connectivity index (χ1) is 7.45. The molecule has 0 aliphatic rings. The summed E-state index contributed by atoms with van der Waals surface area (Å²) in [5, 5.41) is 0. The summed E-state index contributed by atoms with van der Waals surface area (Å²) in [7, 11) is 1.18. The van der Waals surface area contributed by atoms with E-state index in [9.17, 15) is 13.6 Å². The highest BCUT2D eigenvalue weighted by Gasteiger charge is 2.19. The SMILES string of the molecule is COC(=O)c1c(C)cc(Br)cc1OC(F)F. The molecule has 0 atom stereocenters. The van der Waals surface area contributed by atoms with Crippen molar-refractivity contribution in [3.8, 4) is 5.75 Å². The van der Waals surface area contributed by atoms with E-state index in [1.54, 1.807) is 13.0 Å². The highest BCUT2D eigenvalue weighted by atomic mass is 79.9. The monoisotopic (exact) mass is 294 g/mol. The number of benzene rings is 1. The molecule has 0 saturated carbocycles. The van der Waals surface area contributed by atoms with Gasteiger partial charge in [-0.2, -0.15) is 8.78 Å². The van der Waals surface area contributed by atoms with Crippen molar-refractivity contribution in [2.45, 2.75) is 13.5 Å². The maximum absolute atomic E-state index is 12.1. The van der Waals surface area contributed by atoms with Crippen molar-refractivity contribution in [3.05, 3.63) is 27.7 Å². The van der Waals surface area contributed by atoms with Gasteiger partial charge in [-0.3, -0.25) is 0 Å². The quantitative estimate of drug-likeness (QED) is 0.804. The van der Waals surface area contributed by atoms with Crippen molar-refractivity contribution in [2.24, 2.45) is 0 Å². The van der Waals surface area contributed by atoms with Crippen LogP contribution in [0.2, 0.25) is 0 Å². The highest BCUT2D eigenvalue weighted by molar-refractivity contribution is 9.10. The van der Waals surface area contributed by atoms with Gasteiger partial charge in [0.15, 0.2) is 0 Å². The first kappa shape index (κ1) is 12.9. The van der Waals surface area contributed by atoms with Gasteiger partial charge in [-0.25, -0.2) is 4.79 Å². The van der Waals surface area contributed by atoms with Gasteiger partial charge in [-0.1, -0.05) is 15.9 Å². The van der Waals surface area contributed by atoms with Crippen LogP contribution in [0.1, 0.15) is 15.9 Å². The Morgan fingerprint density at radius 1 is 1.44 bits per heavy atom. The zero-order chi connectivity index (χ0) is 12.3. The summed E-state index contributed by atoms with van der Waals surface area (Å²) in [5.74, 6) is -0.908. The molecule has 1 aromatic carbocycles. The Morgan fingerprint density at radius 3 is 2.56 bits per heavy atom. The summed E-state index contributed by atoms with van der Waals surface area (Å²) in [4.78, 5) is 11.4. The second-order valence-corrected chi connectivity index (χ2v) is 3.88. The number of rotatable bonds is 3. The topological polar surface area (TPSA) is 35.5 Å². The Bertz CT molecular complexity index is 407. The minimum atomic E-state index is -2.99. The van der Waals surface area contributed by atoms with E-state index in [1.165, 1.54) is 13.2 Å². The molecule has 1 aromatic rings. The Kier molecular flexibility index (Phi) is 4.23. The number of carbonyl (C=O) groups is 1. The number of hydrogen-bond donors (Lipinski definition) is 0. The van der Waals surface area contributed by atoms with E-state index in [0.717, 1.165) is 0 Å². The van der Waals surface area contributed by atoms with Gasteiger partial charge in [0.2, 0.25) is 0 Å². The Hall–Kier alpha value is -1.17. The van der Waals surface area contributed by atoms with E-state index < -0.39 is 12.6 Å². The molecule has 88 valence electrons. The average Bonchev–Trinajstić information content (AvgIpc) is 2.14. The van der Waals surface area contributed by atoms with Gasteiger partial charge >= 0.3 is 12.6 Å². The molecule has 0 radical (unpaired) electrons. The van der Waals surface area contributed by atoms with Crippen molar-refractivity contribution in [3.63, 3.8) is 0 Å². The molecule has 1 rings (SSSR count). The lowest BCUT2D eigenvalue weighted by Gasteiger charge is -2.12. The average molecular weight is 295 g/mol. The van der Waals surface area contributed by atoms with E-state index in [4.69, 9.17) is 0 Å². The lowest BCUT2D eigenvalue weighted by atomic mass is 10.1. The largest absolute Gasteiger partial charge is 0.465 e. The number of aryl methyl sites for hydroxylation is 1. The number of hydrogen-bond acceptors (Lipinski definition) is 3. The van der Waals surface area contributed by atoms with Crippen LogP contribution in [0, 0.1) is 6.92 Å². The molecule has 0 saturated heterocycles. The van der Waals surface area contributed by atoms with Gasteiger partial charge in [0.1, 0.15) is 11.3 Å². The van der Waals surface area contributed by atoms with Crippen LogP contribution < -0.4 is 4.74 Å². The molecule has 0 fully saturated rings. The number of alkyl halides is 2. The lowest BCUT2D eigenvalue weighted by Crippen LogP contribution is -2.11. The predicted molar refractivity (Wildman–Crippen MR) is 56.9 cm³/mol. The number of esters is 1. The fraction of sp³-hybridized carbons (Fsp3) is 0.300. The van der Waals surface area contributed by atoms with E-state index >= 15 is 0 Å². The van der Waals surface area contributed by atoms with Crippen LogP contribution in [-0.2, 0) is 4.74 Å². The minimum absolute atomic E-state index is 0.00556. The van der Waals surface area contributed by atoms with Crippen LogP contribution in [0.4, 0.5) is 8.78 Å². The maximum atomic E-state index is 12.1. The molecule has 0 bridgehead atoms. The Balaban J connectivity index is 3.26. The Morgan fingerprint density at radius 2 is 2.06 bits per heavy atom. The third kappa shape index (κ3) is 2.91. The molecule has 0 N–H and O–H groups in total. The molecule has 0 aliphatic carbocycles. The minimum Gasteiger partial charge on any atom is -0.465 e. The molecular weight excluding hydrogens is 286 g/mol. The summed E-state index contributed by atoms with van der Waals surface area (Å²) in [6, 6.07) is 2.91. The van der Waals surface area contributed by atoms with E-state index in [1.807, 2.05) is 0 Å². The Labute approximate surface area is 99.5 Å². The summed E-state index contributed by atoms with van der Waals surface area (Å²) in [6.45, 7) is -1.38. The molecule has 0 spiro atoms. The maximum Gasteiger partial charge on any atom is 0.387 e. The molecule has 0 aromatic heterocycles. The van der Waals surface area contributed by atoms with Gasteiger partial charge in [0.05, 0.1) is 7.11 Å². The third-order valence-electron chi connectivity index (χ3n) is 1.87. The first-order valence-corrected chi connectivity index (χ1v) is 5.08. The predicted octanol–water partition coefficient (Wildman–Crippen LogP) is 3.15. The lowest BCUT2D eigenvalue weighted by molar-refractivity contribution is -0.0504. The van der Waals surface area contributed by atoms with Crippen LogP contribution in [0.5, 0.6) is 5.75 Å². The molecule has 3 nitrogen and oxygen atoms in total. The van der Waals surface area contributed by atoms with Gasteiger partial charge in [0, 0.05) is 4.47 Å². The van der Waals surface area contributed by atoms with Crippen molar-refractivity contribution in [1.29, 1.82) is 0 Å². The third-order valence-corrected chi connectivity index (χ3v) is 2.33. The van der Waals surface area contributed by atoms with Crippen molar-refractivity contribution in [2.75, 3.05) is 7.11 Å². The van der Waals surface area contributed by atoms with Gasteiger partial charge in [-0.05, 0) is 24.6 Å². The first-order valence-electron chi connectivity index (χ1n) is 4.29. The number of ether oxygens (including phenoxy) is 2. The fourth-order valence-corrected chi connectivity index (χ4v) is 1.82. The normalized spacial score (nSPS) is 10.4. The van der Waals surface area contributed by atoms with Gasteiger partial charge < -0.3 is 9.47 Å². The van der Waals surface area contributed by atoms with Gasteiger partial charge in [-0.15, -0.1) is 0 Å².